The van der Waals surface area contributed by atoms with Crippen LogP contribution in [0.25, 0.3) is 10.9 Å². The van der Waals surface area contributed by atoms with Gasteiger partial charge >= 0.3 is 0 Å². The molecule has 2 bridgehead atoms. The standard InChI is InChI=1S/C18H21N3O3/c1-24-14-8-12-6-7-13(9-14)21(12)17(22)10-20-11-19-16-5-3-2-4-15(16)18(20)23/h2-5,11-14H,6-10H2,1H3. The van der Waals surface area contributed by atoms with Crippen LogP contribution >= 0.6 is 0 Å². The maximum atomic E-state index is 12.8. The minimum absolute atomic E-state index is 0.0104. The second-order valence-corrected chi connectivity index (χ2v) is 6.71. The Labute approximate surface area is 140 Å². The molecule has 1 aromatic carbocycles. The van der Waals surface area contributed by atoms with Gasteiger partial charge in [0, 0.05) is 19.2 Å². The van der Waals surface area contributed by atoms with E-state index in [2.05, 4.69) is 4.98 Å². The fourth-order valence-corrected chi connectivity index (χ4v) is 4.17. The molecule has 2 saturated heterocycles. The van der Waals surface area contributed by atoms with Crippen LogP contribution in [0, 0.1) is 0 Å². The summed E-state index contributed by atoms with van der Waals surface area (Å²) in [4.78, 5) is 31.6. The molecule has 2 fully saturated rings. The third-order valence-corrected chi connectivity index (χ3v) is 5.35. The Hall–Kier alpha value is -2.21. The molecule has 2 aromatic rings. The fourth-order valence-electron chi connectivity index (χ4n) is 4.17. The number of ether oxygens (including phenoxy) is 1. The number of nitrogens with zero attached hydrogens (tertiary/aromatic N) is 3. The first-order valence-electron chi connectivity index (χ1n) is 8.45. The molecule has 6 nitrogen and oxygen atoms in total. The van der Waals surface area contributed by atoms with E-state index in [1.165, 1.54) is 10.9 Å². The Bertz CT molecular complexity index is 818. The van der Waals surface area contributed by atoms with Gasteiger partial charge in [0.1, 0.15) is 6.54 Å². The zero-order valence-electron chi connectivity index (χ0n) is 13.7. The SMILES string of the molecule is COC1CC2CCC(C1)N2C(=O)Cn1cnc2ccccc2c1=O. The van der Waals surface area contributed by atoms with Gasteiger partial charge in [0.15, 0.2) is 0 Å². The summed E-state index contributed by atoms with van der Waals surface area (Å²) in [6.45, 7) is 0.0569. The van der Waals surface area contributed by atoms with Gasteiger partial charge in [-0.05, 0) is 37.8 Å². The van der Waals surface area contributed by atoms with Crippen LogP contribution in [0.1, 0.15) is 25.7 Å². The fraction of sp³-hybridized carbons (Fsp3) is 0.500. The van der Waals surface area contributed by atoms with Crippen molar-refractivity contribution in [1.29, 1.82) is 0 Å². The maximum Gasteiger partial charge on any atom is 0.261 e. The number of fused-ring (bicyclic) bond motifs is 3. The van der Waals surface area contributed by atoms with Crippen LogP contribution in [0.15, 0.2) is 35.4 Å². The Morgan fingerprint density at radius 1 is 1.25 bits per heavy atom. The summed E-state index contributed by atoms with van der Waals surface area (Å²) in [6.07, 6.45) is 5.57. The van der Waals surface area contributed by atoms with Crippen LogP contribution in [0.2, 0.25) is 0 Å². The van der Waals surface area contributed by atoms with E-state index in [0.717, 1.165) is 25.7 Å². The first kappa shape index (κ1) is 15.3. The predicted octanol–water partition coefficient (Wildman–Crippen LogP) is 1.56. The molecule has 24 heavy (non-hydrogen) atoms. The lowest BCUT2D eigenvalue weighted by molar-refractivity contribution is -0.138. The highest BCUT2D eigenvalue weighted by molar-refractivity contribution is 5.79. The quantitative estimate of drug-likeness (QED) is 0.858. The molecular formula is C18H21N3O3. The van der Waals surface area contributed by atoms with Crippen molar-refractivity contribution in [3.05, 3.63) is 40.9 Å². The van der Waals surface area contributed by atoms with Gasteiger partial charge in [0.25, 0.3) is 5.56 Å². The van der Waals surface area contributed by atoms with Crippen molar-refractivity contribution in [2.45, 2.75) is 50.4 Å². The van der Waals surface area contributed by atoms with E-state index in [1.807, 2.05) is 17.0 Å². The number of piperidine rings is 1. The van der Waals surface area contributed by atoms with E-state index >= 15 is 0 Å². The Morgan fingerprint density at radius 2 is 1.96 bits per heavy atom. The smallest absolute Gasteiger partial charge is 0.261 e. The first-order chi connectivity index (χ1) is 11.7. The van der Waals surface area contributed by atoms with Crippen molar-refractivity contribution in [2.75, 3.05) is 7.11 Å². The lowest BCUT2D eigenvalue weighted by atomic mass is 9.99. The van der Waals surface area contributed by atoms with Crippen molar-refractivity contribution in [2.24, 2.45) is 0 Å². The number of aromatic nitrogens is 2. The Morgan fingerprint density at radius 3 is 2.67 bits per heavy atom. The molecule has 0 N–H and O–H groups in total. The van der Waals surface area contributed by atoms with Crippen molar-refractivity contribution < 1.29 is 9.53 Å². The highest BCUT2D eigenvalue weighted by Crippen LogP contribution is 2.36. The minimum atomic E-state index is -0.159. The van der Waals surface area contributed by atoms with E-state index in [1.54, 1.807) is 19.2 Å². The molecule has 6 heteroatoms. The lowest BCUT2D eigenvalue weighted by Gasteiger charge is -2.38. The van der Waals surface area contributed by atoms with E-state index in [0.29, 0.717) is 10.9 Å². The normalized spacial score (nSPS) is 26.0. The molecular weight excluding hydrogens is 306 g/mol. The van der Waals surface area contributed by atoms with Gasteiger partial charge in [0.2, 0.25) is 5.91 Å². The van der Waals surface area contributed by atoms with E-state index in [4.69, 9.17) is 4.74 Å². The van der Waals surface area contributed by atoms with Crippen molar-refractivity contribution >= 4 is 16.8 Å². The van der Waals surface area contributed by atoms with Crippen LogP contribution in [0.4, 0.5) is 0 Å². The van der Waals surface area contributed by atoms with Gasteiger partial charge in [0.05, 0.1) is 23.3 Å². The van der Waals surface area contributed by atoms with Gasteiger partial charge in [-0.1, -0.05) is 12.1 Å². The first-order valence-corrected chi connectivity index (χ1v) is 8.45. The van der Waals surface area contributed by atoms with Crippen LogP contribution in [0.3, 0.4) is 0 Å². The van der Waals surface area contributed by atoms with E-state index in [9.17, 15) is 9.59 Å². The summed E-state index contributed by atoms with van der Waals surface area (Å²) in [5.74, 6) is 0.0104. The molecule has 2 atom stereocenters. The number of amides is 1. The van der Waals surface area contributed by atoms with Gasteiger partial charge in [-0.2, -0.15) is 0 Å². The molecule has 0 saturated carbocycles. The molecule has 1 aromatic heterocycles. The number of hydrogen-bond donors (Lipinski definition) is 0. The zero-order valence-corrected chi connectivity index (χ0v) is 13.7. The minimum Gasteiger partial charge on any atom is -0.381 e. The van der Waals surface area contributed by atoms with Gasteiger partial charge in [-0.15, -0.1) is 0 Å². The van der Waals surface area contributed by atoms with Crippen molar-refractivity contribution in [1.82, 2.24) is 14.5 Å². The Kier molecular flexibility index (Phi) is 3.84. The monoisotopic (exact) mass is 327 g/mol. The van der Waals surface area contributed by atoms with Gasteiger partial charge < -0.3 is 9.64 Å². The summed E-state index contributed by atoms with van der Waals surface area (Å²) in [5, 5.41) is 0.550. The molecule has 3 heterocycles. The highest BCUT2D eigenvalue weighted by atomic mass is 16.5. The summed E-state index contributed by atoms with van der Waals surface area (Å²) in [5.41, 5.74) is 0.500. The molecule has 0 spiro atoms. The molecule has 2 unspecified atom stereocenters. The second-order valence-electron chi connectivity index (χ2n) is 6.71. The predicted molar refractivity (Wildman–Crippen MR) is 89.7 cm³/mol. The van der Waals surface area contributed by atoms with Crippen LogP contribution in [-0.2, 0) is 16.1 Å². The maximum absolute atomic E-state index is 12.8. The zero-order chi connectivity index (χ0) is 16.7. The number of hydrogen-bond acceptors (Lipinski definition) is 4. The van der Waals surface area contributed by atoms with Crippen molar-refractivity contribution in [3.63, 3.8) is 0 Å². The number of rotatable bonds is 3. The Balaban J connectivity index is 1.57. The highest BCUT2D eigenvalue weighted by Gasteiger charge is 2.43. The molecule has 2 aliphatic rings. The van der Waals surface area contributed by atoms with E-state index < -0.39 is 0 Å². The molecule has 1 amide bonds. The van der Waals surface area contributed by atoms with Crippen molar-refractivity contribution in [3.8, 4) is 0 Å². The van der Waals surface area contributed by atoms with Gasteiger partial charge in [-0.3, -0.25) is 14.2 Å². The third kappa shape index (κ3) is 2.51. The summed E-state index contributed by atoms with van der Waals surface area (Å²) in [7, 11) is 1.74. The largest absolute Gasteiger partial charge is 0.381 e. The number of methoxy groups -OCH3 is 1. The van der Waals surface area contributed by atoms with Gasteiger partial charge in [-0.25, -0.2) is 4.98 Å². The molecule has 0 radical (unpaired) electrons. The lowest BCUT2D eigenvalue weighted by Crippen LogP contribution is -2.50. The van der Waals surface area contributed by atoms with Crippen LogP contribution in [-0.4, -0.2) is 45.7 Å². The summed E-state index contributed by atoms with van der Waals surface area (Å²) in [6, 6.07) is 7.70. The van der Waals surface area contributed by atoms with Crippen LogP contribution in [0.5, 0.6) is 0 Å². The number of benzene rings is 1. The van der Waals surface area contributed by atoms with E-state index in [-0.39, 0.29) is 36.2 Å². The summed E-state index contributed by atoms with van der Waals surface area (Å²) >= 11 is 0. The average molecular weight is 327 g/mol. The number of carbonyl (C=O) groups excluding carboxylic acids is 1. The van der Waals surface area contributed by atoms with Crippen LogP contribution < -0.4 is 5.56 Å². The molecule has 2 aliphatic heterocycles. The number of carbonyl (C=O) groups is 1. The molecule has 4 rings (SSSR count). The average Bonchev–Trinajstić information content (AvgIpc) is 2.88. The molecule has 126 valence electrons. The topological polar surface area (TPSA) is 64.4 Å². The number of para-hydroxylation sites is 1. The summed E-state index contributed by atoms with van der Waals surface area (Å²) < 4.78 is 6.91. The molecule has 0 aliphatic carbocycles. The second kappa shape index (κ2) is 6.02. The third-order valence-electron chi connectivity index (χ3n) is 5.35.